The van der Waals surface area contributed by atoms with Crippen LogP contribution in [0.15, 0.2) is 65.0 Å². The monoisotopic (exact) mass is 297 g/mol. The first-order chi connectivity index (χ1) is 9.92. The lowest BCUT2D eigenvalue weighted by molar-refractivity contribution is 1.23. The molecule has 0 radical (unpaired) electrons. The SMILES string of the molecule is C(=C\c1ccccc1)/CCSc1nc2ccccc2s1. The Hall–Kier alpha value is -1.58. The Kier molecular flexibility index (Phi) is 4.51. The molecule has 20 heavy (non-hydrogen) atoms. The van der Waals surface area contributed by atoms with E-state index < -0.39 is 0 Å². The number of aromatic nitrogens is 1. The molecule has 0 aliphatic rings. The second kappa shape index (κ2) is 6.73. The van der Waals surface area contributed by atoms with E-state index in [2.05, 4.69) is 59.6 Å². The highest BCUT2D eigenvalue weighted by Gasteiger charge is 2.02. The number of thioether (sulfide) groups is 1. The molecule has 0 spiro atoms. The third-order valence-electron chi connectivity index (χ3n) is 2.89. The van der Waals surface area contributed by atoms with Crippen molar-refractivity contribution in [2.45, 2.75) is 10.8 Å². The highest BCUT2D eigenvalue weighted by Crippen LogP contribution is 2.29. The molecule has 3 aromatic rings. The number of para-hydroxylation sites is 1. The molecular weight excluding hydrogens is 282 g/mol. The summed E-state index contributed by atoms with van der Waals surface area (Å²) in [7, 11) is 0. The van der Waals surface area contributed by atoms with Gasteiger partial charge < -0.3 is 0 Å². The van der Waals surface area contributed by atoms with Crippen LogP contribution in [-0.4, -0.2) is 10.7 Å². The molecule has 1 nitrogen and oxygen atoms in total. The molecule has 0 saturated heterocycles. The Balaban J connectivity index is 1.51. The minimum Gasteiger partial charge on any atom is -0.230 e. The van der Waals surface area contributed by atoms with Crippen molar-refractivity contribution in [3.63, 3.8) is 0 Å². The summed E-state index contributed by atoms with van der Waals surface area (Å²) < 4.78 is 2.44. The zero-order chi connectivity index (χ0) is 13.6. The lowest BCUT2D eigenvalue weighted by atomic mass is 10.2. The quantitative estimate of drug-likeness (QED) is 0.456. The molecule has 2 aromatic carbocycles. The molecule has 0 saturated carbocycles. The van der Waals surface area contributed by atoms with Crippen LogP contribution in [0.4, 0.5) is 0 Å². The number of thiazole rings is 1. The Labute approximate surface area is 127 Å². The van der Waals surface area contributed by atoms with E-state index in [1.54, 1.807) is 11.3 Å². The van der Waals surface area contributed by atoms with Gasteiger partial charge in [0.1, 0.15) is 0 Å². The molecule has 0 aliphatic carbocycles. The molecular formula is C17H15NS2. The molecule has 0 aliphatic heterocycles. The highest BCUT2D eigenvalue weighted by molar-refractivity contribution is 8.01. The van der Waals surface area contributed by atoms with Crippen LogP contribution in [0.25, 0.3) is 16.3 Å². The maximum absolute atomic E-state index is 4.63. The van der Waals surface area contributed by atoms with Crippen molar-refractivity contribution in [3.05, 3.63) is 66.2 Å². The average Bonchev–Trinajstić information content (AvgIpc) is 2.90. The fourth-order valence-corrected chi connectivity index (χ4v) is 3.95. The maximum atomic E-state index is 4.63. The molecule has 0 fully saturated rings. The molecule has 0 N–H and O–H groups in total. The number of allylic oxidation sites excluding steroid dienone is 1. The highest BCUT2D eigenvalue weighted by atomic mass is 32.2. The van der Waals surface area contributed by atoms with Gasteiger partial charge in [-0.05, 0) is 24.1 Å². The first-order valence-corrected chi connectivity index (χ1v) is 8.42. The van der Waals surface area contributed by atoms with E-state index in [0.717, 1.165) is 17.7 Å². The number of nitrogens with zero attached hydrogens (tertiary/aromatic N) is 1. The van der Waals surface area contributed by atoms with Crippen LogP contribution < -0.4 is 0 Å². The third kappa shape index (κ3) is 3.50. The Morgan fingerprint density at radius 1 is 1.00 bits per heavy atom. The van der Waals surface area contributed by atoms with Gasteiger partial charge in [0.05, 0.1) is 10.2 Å². The van der Waals surface area contributed by atoms with E-state index >= 15 is 0 Å². The van der Waals surface area contributed by atoms with Crippen LogP contribution in [0.2, 0.25) is 0 Å². The van der Waals surface area contributed by atoms with Crippen molar-refractivity contribution < 1.29 is 0 Å². The molecule has 3 heteroatoms. The Morgan fingerprint density at radius 3 is 2.65 bits per heavy atom. The Bertz CT molecular complexity index is 668. The van der Waals surface area contributed by atoms with Gasteiger partial charge in [0.15, 0.2) is 4.34 Å². The van der Waals surface area contributed by atoms with Crippen LogP contribution >= 0.6 is 23.1 Å². The van der Waals surface area contributed by atoms with E-state index in [4.69, 9.17) is 0 Å². The number of hydrogen-bond donors (Lipinski definition) is 0. The van der Waals surface area contributed by atoms with Crippen molar-refractivity contribution in [3.8, 4) is 0 Å². The molecule has 0 unspecified atom stereocenters. The standard InChI is InChI=1S/C17H15NS2/c1-2-8-14(9-3-1)10-6-7-13-19-17-18-15-11-4-5-12-16(15)20-17/h1-6,8-12H,7,13H2/b10-6+. The van der Waals surface area contributed by atoms with Crippen molar-refractivity contribution in [1.29, 1.82) is 0 Å². The van der Waals surface area contributed by atoms with Gasteiger partial charge in [-0.2, -0.15) is 0 Å². The maximum Gasteiger partial charge on any atom is 0.151 e. The zero-order valence-electron chi connectivity index (χ0n) is 11.0. The molecule has 3 rings (SSSR count). The van der Waals surface area contributed by atoms with Gasteiger partial charge in [-0.15, -0.1) is 11.3 Å². The van der Waals surface area contributed by atoms with Gasteiger partial charge in [0.25, 0.3) is 0 Å². The average molecular weight is 297 g/mol. The van der Waals surface area contributed by atoms with Crippen LogP contribution in [0, 0.1) is 0 Å². The molecule has 0 amide bonds. The van der Waals surface area contributed by atoms with Crippen LogP contribution in [0.3, 0.4) is 0 Å². The van der Waals surface area contributed by atoms with Crippen LogP contribution in [-0.2, 0) is 0 Å². The number of fused-ring (bicyclic) bond motifs is 1. The fourth-order valence-electron chi connectivity index (χ4n) is 1.91. The predicted molar refractivity (Wildman–Crippen MR) is 90.4 cm³/mol. The van der Waals surface area contributed by atoms with Gasteiger partial charge in [-0.25, -0.2) is 4.98 Å². The molecule has 1 heterocycles. The van der Waals surface area contributed by atoms with Gasteiger partial charge in [-0.1, -0.05) is 66.4 Å². The van der Waals surface area contributed by atoms with Crippen LogP contribution in [0.1, 0.15) is 12.0 Å². The third-order valence-corrected chi connectivity index (χ3v) is 5.11. The summed E-state index contributed by atoms with van der Waals surface area (Å²) in [5.74, 6) is 1.07. The van der Waals surface area contributed by atoms with Gasteiger partial charge in [0, 0.05) is 5.75 Å². The minimum absolute atomic E-state index is 1.06. The summed E-state index contributed by atoms with van der Waals surface area (Å²) in [4.78, 5) is 4.63. The molecule has 1 aromatic heterocycles. The first-order valence-electron chi connectivity index (χ1n) is 6.62. The second-order valence-corrected chi connectivity index (χ2v) is 6.77. The second-order valence-electron chi connectivity index (χ2n) is 4.40. The van der Waals surface area contributed by atoms with Crippen molar-refractivity contribution >= 4 is 39.4 Å². The molecule has 0 bridgehead atoms. The number of rotatable bonds is 5. The van der Waals surface area contributed by atoms with E-state index in [-0.39, 0.29) is 0 Å². The minimum atomic E-state index is 1.06. The molecule has 100 valence electrons. The zero-order valence-corrected chi connectivity index (χ0v) is 12.7. The fraction of sp³-hybridized carbons (Fsp3) is 0.118. The van der Waals surface area contributed by atoms with Crippen LogP contribution in [0.5, 0.6) is 0 Å². The number of benzene rings is 2. The lowest BCUT2D eigenvalue weighted by Crippen LogP contribution is -1.76. The van der Waals surface area contributed by atoms with Gasteiger partial charge in [0.2, 0.25) is 0 Å². The summed E-state index contributed by atoms with van der Waals surface area (Å²) in [5, 5.41) is 0. The van der Waals surface area contributed by atoms with Crippen molar-refractivity contribution in [1.82, 2.24) is 4.98 Å². The van der Waals surface area contributed by atoms with Crippen molar-refractivity contribution in [2.24, 2.45) is 0 Å². The lowest BCUT2D eigenvalue weighted by Gasteiger charge is -1.93. The predicted octanol–water partition coefficient (Wildman–Crippen LogP) is 5.49. The van der Waals surface area contributed by atoms with E-state index in [9.17, 15) is 0 Å². The van der Waals surface area contributed by atoms with Gasteiger partial charge in [-0.3, -0.25) is 0 Å². The summed E-state index contributed by atoms with van der Waals surface area (Å²) in [6.07, 6.45) is 5.48. The summed E-state index contributed by atoms with van der Waals surface area (Å²) in [6.45, 7) is 0. The van der Waals surface area contributed by atoms with Crippen molar-refractivity contribution in [2.75, 3.05) is 5.75 Å². The molecule has 0 atom stereocenters. The Morgan fingerprint density at radius 2 is 1.80 bits per heavy atom. The summed E-state index contributed by atoms with van der Waals surface area (Å²) in [5.41, 5.74) is 2.37. The number of hydrogen-bond acceptors (Lipinski definition) is 3. The topological polar surface area (TPSA) is 12.9 Å². The summed E-state index contributed by atoms with van der Waals surface area (Å²) >= 11 is 3.62. The smallest absolute Gasteiger partial charge is 0.151 e. The van der Waals surface area contributed by atoms with E-state index in [1.165, 1.54) is 14.6 Å². The van der Waals surface area contributed by atoms with Gasteiger partial charge >= 0.3 is 0 Å². The van der Waals surface area contributed by atoms with E-state index in [0.29, 0.717) is 0 Å². The largest absolute Gasteiger partial charge is 0.230 e. The first kappa shape index (κ1) is 13.4. The normalized spacial score (nSPS) is 11.4. The van der Waals surface area contributed by atoms with E-state index in [1.807, 2.05) is 23.9 Å². The summed E-state index contributed by atoms with van der Waals surface area (Å²) in [6, 6.07) is 18.7.